The van der Waals surface area contributed by atoms with E-state index in [9.17, 15) is 14.4 Å². The Balaban J connectivity index is 1.62. The second-order valence-electron chi connectivity index (χ2n) is 9.03. The number of rotatable bonds is 8. The minimum atomic E-state index is -0.365. The molecule has 0 unspecified atom stereocenters. The molecule has 2 aromatic carbocycles. The lowest BCUT2D eigenvalue weighted by Crippen LogP contribution is -2.49. The van der Waals surface area contributed by atoms with Crippen molar-refractivity contribution in [1.29, 1.82) is 5.26 Å². The molecule has 9 heteroatoms. The molecule has 7 nitrogen and oxygen atoms in total. The van der Waals surface area contributed by atoms with Gasteiger partial charge in [-0.1, -0.05) is 28.7 Å². The molecule has 1 amide bonds. The molecule has 0 radical (unpaired) electrons. The van der Waals surface area contributed by atoms with Crippen molar-refractivity contribution in [3.8, 4) is 11.9 Å². The van der Waals surface area contributed by atoms with Crippen molar-refractivity contribution >= 4 is 45.1 Å². The van der Waals surface area contributed by atoms with Crippen molar-refractivity contribution in [3.05, 3.63) is 65.0 Å². The van der Waals surface area contributed by atoms with Crippen LogP contribution in [0.4, 0.5) is 10.1 Å². The highest BCUT2D eigenvalue weighted by Gasteiger charge is 2.27. The summed E-state index contributed by atoms with van der Waals surface area (Å²) in [6, 6.07) is 14.1. The van der Waals surface area contributed by atoms with Gasteiger partial charge in [0.1, 0.15) is 17.4 Å². The van der Waals surface area contributed by atoms with Crippen LogP contribution < -0.4 is 9.64 Å². The summed E-state index contributed by atoms with van der Waals surface area (Å²) in [6.07, 6.45) is 0.824. The highest BCUT2D eigenvalue weighted by Crippen LogP contribution is 2.36. The highest BCUT2D eigenvalue weighted by molar-refractivity contribution is 14.1. The SMILES string of the molecule is CN(C)CCCOc1nc2ccc(CI)cc2c(N2CCN(C(=O)c3ccc(F)cc3)CC2)c1C#N. The number of aromatic nitrogens is 1. The number of ether oxygens (including phenoxy) is 1. The van der Waals surface area contributed by atoms with Gasteiger partial charge in [-0.2, -0.15) is 5.26 Å². The molecule has 1 aliphatic rings. The third-order valence-corrected chi connectivity index (χ3v) is 7.10. The van der Waals surface area contributed by atoms with Crippen LogP contribution in [0.1, 0.15) is 27.9 Å². The van der Waals surface area contributed by atoms with Gasteiger partial charge in [-0.05, 0) is 62.5 Å². The Hall–Kier alpha value is -2.97. The zero-order valence-corrected chi connectivity index (χ0v) is 22.7. The maximum Gasteiger partial charge on any atom is 0.253 e. The number of hydrogen-bond acceptors (Lipinski definition) is 6. The van der Waals surface area contributed by atoms with E-state index in [0.717, 1.165) is 39.5 Å². The molecule has 0 N–H and O–H groups in total. The van der Waals surface area contributed by atoms with E-state index >= 15 is 0 Å². The van der Waals surface area contributed by atoms with Gasteiger partial charge in [-0.25, -0.2) is 9.37 Å². The second kappa shape index (κ2) is 11.8. The number of benzene rings is 2. The number of amides is 1. The molecule has 1 aromatic heterocycles. The molecule has 2 heterocycles. The summed E-state index contributed by atoms with van der Waals surface area (Å²) < 4.78 is 20.1. The number of pyridine rings is 1. The van der Waals surface area contributed by atoms with Crippen molar-refractivity contribution in [2.24, 2.45) is 0 Å². The molecular formula is C27H29FIN5O2. The lowest BCUT2D eigenvalue weighted by Gasteiger charge is -2.37. The first kappa shape index (κ1) is 26.1. The van der Waals surface area contributed by atoms with Crippen LogP contribution in [0, 0.1) is 17.1 Å². The predicted octanol–water partition coefficient (Wildman–Crippen LogP) is 4.47. The van der Waals surface area contributed by atoms with Gasteiger partial charge in [0.25, 0.3) is 5.91 Å². The number of nitrogens with zero attached hydrogens (tertiary/aromatic N) is 5. The van der Waals surface area contributed by atoms with Crippen molar-refractivity contribution in [3.63, 3.8) is 0 Å². The Kier molecular flexibility index (Phi) is 8.59. The van der Waals surface area contributed by atoms with Gasteiger partial charge in [0.05, 0.1) is 17.8 Å². The van der Waals surface area contributed by atoms with E-state index in [1.807, 2.05) is 26.2 Å². The smallest absolute Gasteiger partial charge is 0.253 e. The van der Waals surface area contributed by atoms with E-state index in [1.54, 1.807) is 4.90 Å². The minimum Gasteiger partial charge on any atom is -0.477 e. The zero-order chi connectivity index (χ0) is 25.7. The number of hydrogen-bond donors (Lipinski definition) is 0. The molecule has 0 aliphatic carbocycles. The van der Waals surface area contributed by atoms with Crippen LogP contribution in [0.3, 0.4) is 0 Å². The van der Waals surface area contributed by atoms with Crippen molar-refractivity contribution in [2.45, 2.75) is 10.8 Å². The summed E-state index contributed by atoms with van der Waals surface area (Å²) in [4.78, 5) is 23.6. The summed E-state index contributed by atoms with van der Waals surface area (Å²) in [5.74, 6) is -0.131. The second-order valence-corrected chi connectivity index (χ2v) is 9.79. The Morgan fingerprint density at radius 3 is 2.53 bits per heavy atom. The number of carbonyl (C=O) groups is 1. The third-order valence-electron chi connectivity index (χ3n) is 6.22. The molecule has 4 rings (SSSR count). The molecule has 0 atom stereocenters. The Labute approximate surface area is 224 Å². The fourth-order valence-electron chi connectivity index (χ4n) is 4.35. The van der Waals surface area contributed by atoms with Crippen molar-refractivity contribution < 1.29 is 13.9 Å². The lowest BCUT2D eigenvalue weighted by atomic mass is 10.0. The molecule has 0 bridgehead atoms. The number of fused-ring (bicyclic) bond motifs is 1. The molecular weight excluding hydrogens is 572 g/mol. The Morgan fingerprint density at radius 2 is 1.89 bits per heavy atom. The average molecular weight is 601 g/mol. The fraction of sp³-hybridized carbons (Fsp3) is 0.370. The van der Waals surface area contributed by atoms with E-state index in [0.29, 0.717) is 49.8 Å². The van der Waals surface area contributed by atoms with E-state index in [4.69, 9.17) is 9.72 Å². The van der Waals surface area contributed by atoms with Crippen LogP contribution in [-0.2, 0) is 4.43 Å². The van der Waals surface area contributed by atoms with Crippen LogP contribution in [0.15, 0.2) is 42.5 Å². The van der Waals surface area contributed by atoms with Crippen LogP contribution >= 0.6 is 22.6 Å². The van der Waals surface area contributed by atoms with Crippen LogP contribution in [0.25, 0.3) is 10.9 Å². The first-order valence-corrected chi connectivity index (χ1v) is 13.4. The van der Waals surface area contributed by atoms with E-state index in [2.05, 4.69) is 44.5 Å². The maximum absolute atomic E-state index is 13.3. The molecule has 3 aromatic rings. The van der Waals surface area contributed by atoms with Gasteiger partial charge in [0.15, 0.2) is 0 Å². The first-order valence-electron chi connectivity index (χ1n) is 11.9. The number of carbonyl (C=O) groups excluding carboxylic acids is 1. The van der Waals surface area contributed by atoms with E-state index in [1.165, 1.54) is 24.3 Å². The van der Waals surface area contributed by atoms with Crippen molar-refractivity contribution in [2.75, 3.05) is 58.3 Å². The number of nitriles is 1. The highest BCUT2D eigenvalue weighted by atomic mass is 127. The lowest BCUT2D eigenvalue weighted by molar-refractivity contribution is 0.0747. The standard InChI is InChI=1S/C27H29FIN5O2/c1-32(2)10-3-15-36-26-23(18-30)25(22-16-19(17-29)4-9-24(22)31-26)33-11-13-34(14-12-33)27(35)20-5-7-21(28)8-6-20/h4-9,16H,3,10-15,17H2,1-2H3. The zero-order valence-electron chi connectivity index (χ0n) is 20.5. The Morgan fingerprint density at radius 1 is 1.17 bits per heavy atom. The summed E-state index contributed by atoms with van der Waals surface area (Å²) in [7, 11) is 4.02. The first-order chi connectivity index (χ1) is 17.4. The topological polar surface area (TPSA) is 72.7 Å². The molecule has 1 saturated heterocycles. The summed E-state index contributed by atoms with van der Waals surface area (Å²) in [5.41, 5.74) is 3.64. The van der Waals surface area contributed by atoms with Gasteiger partial charge in [-0.15, -0.1) is 0 Å². The average Bonchev–Trinajstić information content (AvgIpc) is 2.90. The normalized spacial score (nSPS) is 13.8. The number of anilines is 1. The largest absolute Gasteiger partial charge is 0.477 e. The summed E-state index contributed by atoms with van der Waals surface area (Å²) in [6.45, 7) is 3.47. The Bertz CT molecular complexity index is 1270. The van der Waals surface area contributed by atoms with Gasteiger partial charge in [0.2, 0.25) is 5.88 Å². The number of piperazine rings is 1. The number of halogens is 2. The van der Waals surface area contributed by atoms with Crippen molar-refractivity contribution in [1.82, 2.24) is 14.8 Å². The van der Waals surface area contributed by atoms with Gasteiger partial charge < -0.3 is 19.4 Å². The molecule has 36 heavy (non-hydrogen) atoms. The number of alkyl halides is 1. The molecule has 188 valence electrons. The van der Waals surface area contributed by atoms with Crippen LogP contribution in [0.2, 0.25) is 0 Å². The van der Waals surface area contributed by atoms with Gasteiger partial charge >= 0.3 is 0 Å². The monoisotopic (exact) mass is 601 g/mol. The summed E-state index contributed by atoms with van der Waals surface area (Å²) in [5, 5.41) is 11.1. The summed E-state index contributed by atoms with van der Waals surface area (Å²) >= 11 is 2.33. The molecule has 1 fully saturated rings. The van der Waals surface area contributed by atoms with E-state index in [-0.39, 0.29) is 11.7 Å². The van der Waals surface area contributed by atoms with Crippen LogP contribution in [0.5, 0.6) is 5.88 Å². The minimum absolute atomic E-state index is 0.119. The fourth-order valence-corrected chi connectivity index (χ4v) is 4.82. The predicted molar refractivity (Wildman–Crippen MR) is 147 cm³/mol. The molecule has 1 aliphatic heterocycles. The quantitative estimate of drug-likeness (QED) is 0.216. The van der Waals surface area contributed by atoms with Crippen LogP contribution in [-0.4, -0.2) is 74.1 Å². The molecule has 0 spiro atoms. The molecule has 0 saturated carbocycles. The maximum atomic E-state index is 13.3. The van der Waals surface area contributed by atoms with Gasteiger partial charge in [0, 0.05) is 48.1 Å². The van der Waals surface area contributed by atoms with E-state index < -0.39 is 0 Å². The third kappa shape index (κ3) is 5.87. The van der Waals surface area contributed by atoms with Gasteiger partial charge in [-0.3, -0.25) is 4.79 Å².